The Bertz CT molecular complexity index is 266. The molecule has 0 bridgehead atoms. The Labute approximate surface area is 96.1 Å². The number of amides is 2. The summed E-state index contributed by atoms with van der Waals surface area (Å²) in [4.78, 5) is 24.9. The number of piperidine rings is 1. The van der Waals surface area contributed by atoms with Crippen molar-refractivity contribution in [1.82, 2.24) is 10.2 Å². The molecule has 0 saturated carbocycles. The van der Waals surface area contributed by atoms with E-state index in [1.54, 1.807) is 4.90 Å². The topological polar surface area (TPSA) is 58.6 Å². The lowest BCUT2D eigenvalue weighted by Crippen LogP contribution is -2.53. The molecule has 92 valence electrons. The van der Waals surface area contributed by atoms with E-state index >= 15 is 0 Å². The summed E-state index contributed by atoms with van der Waals surface area (Å²) in [5, 5.41) is 2.80. The summed E-state index contributed by atoms with van der Waals surface area (Å²) >= 11 is 0. The number of nitrogens with one attached hydrogen (secondary N) is 1. The largest absolute Gasteiger partial charge is 0.467 e. The van der Waals surface area contributed by atoms with E-state index in [9.17, 15) is 9.59 Å². The van der Waals surface area contributed by atoms with Gasteiger partial charge < -0.3 is 15.0 Å². The Hall–Kier alpha value is -1.26. The monoisotopic (exact) mass is 228 g/mol. The molecule has 0 spiro atoms. The summed E-state index contributed by atoms with van der Waals surface area (Å²) in [5.41, 5.74) is 0. The molecule has 0 aromatic heterocycles. The molecule has 5 nitrogen and oxygen atoms in total. The molecule has 1 fully saturated rings. The van der Waals surface area contributed by atoms with Crippen molar-refractivity contribution >= 4 is 12.0 Å². The van der Waals surface area contributed by atoms with Crippen LogP contribution in [0.15, 0.2) is 0 Å². The predicted molar refractivity (Wildman–Crippen MR) is 60.0 cm³/mol. The lowest BCUT2D eigenvalue weighted by atomic mass is 10.0. The number of carbonyl (C=O) groups is 2. The average Bonchev–Trinajstić information content (AvgIpc) is 2.27. The van der Waals surface area contributed by atoms with Crippen molar-refractivity contribution in [1.29, 1.82) is 0 Å². The van der Waals surface area contributed by atoms with Crippen LogP contribution < -0.4 is 5.32 Å². The van der Waals surface area contributed by atoms with Crippen LogP contribution in [-0.2, 0) is 9.53 Å². The Morgan fingerprint density at radius 2 is 2.06 bits per heavy atom. The fraction of sp³-hybridized carbons (Fsp3) is 0.818. The van der Waals surface area contributed by atoms with Crippen molar-refractivity contribution < 1.29 is 14.3 Å². The normalized spacial score (nSPS) is 20.8. The Morgan fingerprint density at radius 1 is 1.38 bits per heavy atom. The molecule has 1 aliphatic rings. The second kappa shape index (κ2) is 5.72. The van der Waals surface area contributed by atoms with Gasteiger partial charge in [0, 0.05) is 12.6 Å². The van der Waals surface area contributed by atoms with Crippen molar-refractivity contribution in [3.63, 3.8) is 0 Å². The molecule has 1 rings (SSSR count). The van der Waals surface area contributed by atoms with Crippen LogP contribution in [0.2, 0.25) is 0 Å². The fourth-order valence-electron chi connectivity index (χ4n) is 1.89. The number of rotatable bonds is 2. The maximum absolute atomic E-state index is 11.8. The molecule has 1 saturated heterocycles. The summed E-state index contributed by atoms with van der Waals surface area (Å²) in [6.45, 7) is 4.42. The first-order chi connectivity index (χ1) is 7.56. The molecule has 0 radical (unpaired) electrons. The van der Waals surface area contributed by atoms with Gasteiger partial charge in [-0.15, -0.1) is 0 Å². The third kappa shape index (κ3) is 3.12. The SMILES string of the molecule is COC(=O)[C@H]1CCCCN1C(=O)NC(C)C. The Balaban J connectivity index is 2.66. The maximum atomic E-state index is 11.8. The number of hydrogen-bond acceptors (Lipinski definition) is 3. The van der Waals surface area contributed by atoms with Gasteiger partial charge in [0.25, 0.3) is 0 Å². The molecule has 2 amide bonds. The van der Waals surface area contributed by atoms with Crippen molar-refractivity contribution in [2.24, 2.45) is 0 Å². The van der Waals surface area contributed by atoms with Gasteiger partial charge in [0.05, 0.1) is 7.11 Å². The highest BCUT2D eigenvalue weighted by atomic mass is 16.5. The lowest BCUT2D eigenvalue weighted by molar-refractivity contribution is -0.146. The van der Waals surface area contributed by atoms with Gasteiger partial charge in [-0.25, -0.2) is 9.59 Å². The molecule has 0 aromatic rings. The third-order valence-electron chi connectivity index (χ3n) is 2.65. The smallest absolute Gasteiger partial charge is 0.328 e. The first kappa shape index (κ1) is 12.8. The fourth-order valence-corrected chi connectivity index (χ4v) is 1.89. The zero-order valence-electron chi connectivity index (χ0n) is 10.2. The number of carbonyl (C=O) groups excluding carboxylic acids is 2. The van der Waals surface area contributed by atoms with Gasteiger partial charge in [-0.05, 0) is 33.1 Å². The van der Waals surface area contributed by atoms with Gasteiger partial charge in [0.15, 0.2) is 0 Å². The van der Waals surface area contributed by atoms with Crippen LogP contribution in [-0.4, -0.2) is 42.6 Å². The highest BCUT2D eigenvalue weighted by molar-refractivity contribution is 5.83. The molecule has 0 unspecified atom stereocenters. The van der Waals surface area contributed by atoms with Crippen molar-refractivity contribution in [2.45, 2.75) is 45.2 Å². The molecule has 0 aromatic carbocycles. The zero-order chi connectivity index (χ0) is 12.1. The van der Waals surface area contributed by atoms with Crippen molar-refractivity contribution in [2.75, 3.05) is 13.7 Å². The minimum atomic E-state index is -0.419. The van der Waals surface area contributed by atoms with E-state index in [0.29, 0.717) is 13.0 Å². The summed E-state index contributed by atoms with van der Waals surface area (Å²) in [6.07, 6.45) is 2.60. The minimum Gasteiger partial charge on any atom is -0.467 e. The van der Waals surface area contributed by atoms with Crippen LogP contribution in [0, 0.1) is 0 Å². The molecule has 1 heterocycles. The van der Waals surface area contributed by atoms with Crippen LogP contribution in [0.5, 0.6) is 0 Å². The van der Waals surface area contributed by atoms with Gasteiger partial charge in [-0.1, -0.05) is 0 Å². The summed E-state index contributed by atoms with van der Waals surface area (Å²) < 4.78 is 4.71. The van der Waals surface area contributed by atoms with E-state index in [0.717, 1.165) is 12.8 Å². The van der Waals surface area contributed by atoms with E-state index in [1.807, 2.05) is 13.8 Å². The molecule has 1 aliphatic heterocycles. The van der Waals surface area contributed by atoms with Gasteiger partial charge >= 0.3 is 12.0 Å². The van der Waals surface area contributed by atoms with E-state index in [-0.39, 0.29) is 18.0 Å². The number of methoxy groups -OCH3 is 1. The number of esters is 1. The standard InChI is InChI=1S/C11H20N2O3/c1-8(2)12-11(15)13-7-5-4-6-9(13)10(14)16-3/h8-9H,4-7H2,1-3H3,(H,12,15)/t9-/m1/s1. The van der Waals surface area contributed by atoms with Crippen LogP contribution in [0.1, 0.15) is 33.1 Å². The number of nitrogens with zero attached hydrogens (tertiary/aromatic N) is 1. The van der Waals surface area contributed by atoms with Gasteiger partial charge in [-0.3, -0.25) is 0 Å². The zero-order valence-corrected chi connectivity index (χ0v) is 10.2. The van der Waals surface area contributed by atoms with Crippen LogP contribution in [0.25, 0.3) is 0 Å². The number of urea groups is 1. The van der Waals surface area contributed by atoms with Gasteiger partial charge in [0.2, 0.25) is 0 Å². The molecular formula is C11H20N2O3. The lowest BCUT2D eigenvalue weighted by Gasteiger charge is -2.34. The molecule has 0 aliphatic carbocycles. The third-order valence-corrected chi connectivity index (χ3v) is 2.65. The quantitative estimate of drug-likeness (QED) is 0.721. The second-order valence-electron chi connectivity index (χ2n) is 4.33. The molecule has 1 N–H and O–H groups in total. The number of likely N-dealkylation sites (tertiary alicyclic amines) is 1. The summed E-state index contributed by atoms with van der Waals surface area (Å²) in [5.74, 6) is -0.321. The average molecular weight is 228 g/mol. The highest BCUT2D eigenvalue weighted by Gasteiger charge is 2.32. The van der Waals surface area contributed by atoms with Crippen LogP contribution in [0.3, 0.4) is 0 Å². The first-order valence-electron chi connectivity index (χ1n) is 5.71. The highest BCUT2D eigenvalue weighted by Crippen LogP contribution is 2.18. The van der Waals surface area contributed by atoms with Crippen molar-refractivity contribution in [3.8, 4) is 0 Å². The van der Waals surface area contributed by atoms with Crippen LogP contribution >= 0.6 is 0 Å². The molecular weight excluding hydrogens is 208 g/mol. The molecule has 1 atom stereocenters. The summed E-state index contributed by atoms with van der Waals surface area (Å²) in [7, 11) is 1.36. The van der Waals surface area contributed by atoms with E-state index in [2.05, 4.69) is 5.32 Å². The van der Waals surface area contributed by atoms with Gasteiger partial charge in [0.1, 0.15) is 6.04 Å². The van der Waals surface area contributed by atoms with Crippen LogP contribution in [0.4, 0.5) is 4.79 Å². The van der Waals surface area contributed by atoms with E-state index < -0.39 is 6.04 Å². The predicted octanol–water partition coefficient (Wildman–Crippen LogP) is 1.13. The van der Waals surface area contributed by atoms with Crippen molar-refractivity contribution in [3.05, 3.63) is 0 Å². The second-order valence-corrected chi connectivity index (χ2v) is 4.33. The molecule has 5 heteroatoms. The summed E-state index contributed by atoms with van der Waals surface area (Å²) in [6, 6.07) is -0.518. The minimum absolute atomic E-state index is 0.0766. The number of ether oxygens (including phenoxy) is 1. The van der Waals surface area contributed by atoms with Gasteiger partial charge in [-0.2, -0.15) is 0 Å². The maximum Gasteiger partial charge on any atom is 0.328 e. The molecule has 16 heavy (non-hydrogen) atoms. The Kier molecular flexibility index (Phi) is 4.58. The first-order valence-corrected chi connectivity index (χ1v) is 5.71. The van der Waals surface area contributed by atoms with E-state index in [4.69, 9.17) is 4.74 Å². The Morgan fingerprint density at radius 3 is 2.62 bits per heavy atom. The number of hydrogen-bond donors (Lipinski definition) is 1. The van der Waals surface area contributed by atoms with E-state index in [1.165, 1.54) is 7.11 Å².